The molecule has 4 aliphatic rings. The molecule has 9 heteroatoms. The first-order valence-electron chi connectivity index (χ1n) is 8.38. The molecule has 0 aliphatic heterocycles. The van der Waals surface area contributed by atoms with Crippen molar-refractivity contribution >= 4 is 11.1 Å². The predicted molar refractivity (Wildman–Crippen MR) is 75.8 cm³/mol. The average Bonchev–Trinajstić information content (AvgIpc) is 3.19. The maximum atomic E-state index is 13.3. The summed E-state index contributed by atoms with van der Waals surface area (Å²) in [6.45, 7) is 0. The number of allylic oxidation sites excluding steroid dienone is 2. The van der Waals surface area contributed by atoms with Crippen molar-refractivity contribution in [3.05, 3.63) is 12.2 Å². The second-order valence-electron chi connectivity index (χ2n) is 8.02. The van der Waals surface area contributed by atoms with E-state index >= 15 is 0 Å². The summed E-state index contributed by atoms with van der Waals surface area (Å²) in [7, 11) is 0. The van der Waals surface area contributed by atoms with Gasteiger partial charge in [0.15, 0.2) is 0 Å². The van der Waals surface area contributed by atoms with Gasteiger partial charge in [-0.2, -0.15) is 26.3 Å². The summed E-state index contributed by atoms with van der Waals surface area (Å²) in [6.07, 6.45) is -7.16. The Bertz CT molecular complexity index is 613. The van der Waals surface area contributed by atoms with Crippen molar-refractivity contribution in [3.63, 3.8) is 0 Å². The maximum Gasteiger partial charge on any atom is 0.413 e. The summed E-state index contributed by atoms with van der Waals surface area (Å²) in [6, 6.07) is 0. The molecule has 8 atom stereocenters. The van der Waals surface area contributed by atoms with Crippen molar-refractivity contribution < 1.29 is 35.1 Å². The third-order valence-corrected chi connectivity index (χ3v) is 8.36. The van der Waals surface area contributed by atoms with Gasteiger partial charge in [-0.15, -0.1) is 0 Å². The number of alkyl halides is 6. The van der Waals surface area contributed by atoms with Crippen LogP contribution in [0.4, 0.5) is 26.3 Å². The van der Waals surface area contributed by atoms with Crippen LogP contribution in [0.15, 0.2) is 12.2 Å². The third kappa shape index (κ3) is 2.23. The van der Waals surface area contributed by atoms with E-state index in [4.69, 9.17) is 0 Å². The average molecular weight is 387 g/mol. The number of halogens is 6. The lowest BCUT2D eigenvalue weighted by Crippen LogP contribution is -2.61. The van der Waals surface area contributed by atoms with Gasteiger partial charge in [0, 0.05) is 0 Å². The van der Waals surface area contributed by atoms with E-state index in [0.29, 0.717) is 18.3 Å². The summed E-state index contributed by atoms with van der Waals surface area (Å²) < 4.78 is 97.6. The Balaban J connectivity index is 1.65. The van der Waals surface area contributed by atoms with Crippen molar-refractivity contribution in [2.75, 3.05) is 0 Å². The molecule has 3 saturated carbocycles. The summed E-state index contributed by atoms with van der Waals surface area (Å²) in [5.41, 5.74) is 0. The zero-order chi connectivity index (χ0) is 18.4. The lowest BCUT2D eigenvalue weighted by Gasteiger charge is -2.44. The van der Waals surface area contributed by atoms with Gasteiger partial charge in [0.1, 0.15) is 0 Å². The quantitative estimate of drug-likeness (QED) is 0.315. The van der Waals surface area contributed by atoms with Crippen molar-refractivity contribution in [1.82, 2.24) is 0 Å². The summed E-state index contributed by atoms with van der Waals surface area (Å²) >= 11 is -4.32. The molecule has 142 valence electrons. The Hall–Kier alpha value is -0.570. The van der Waals surface area contributed by atoms with Gasteiger partial charge in [0.05, 0.1) is 0 Å². The first-order chi connectivity index (χ1) is 11.5. The van der Waals surface area contributed by atoms with Crippen molar-refractivity contribution in [2.45, 2.75) is 42.8 Å². The molecule has 4 aliphatic carbocycles. The van der Waals surface area contributed by atoms with E-state index in [1.54, 1.807) is 0 Å². The molecule has 4 rings (SSSR count). The molecule has 0 saturated heterocycles. The Morgan fingerprint density at radius 1 is 0.920 bits per heavy atom. The Labute approximate surface area is 143 Å². The fourth-order valence-corrected chi connectivity index (χ4v) is 7.13. The van der Waals surface area contributed by atoms with Crippen LogP contribution in [-0.4, -0.2) is 25.9 Å². The van der Waals surface area contributed by atoms with Crippen LogP contribution in [0.2, 0.25) is 0 Å². The SMILES string of the molecule is O=S([O-])C(CC1CC2CC1C1C3C=CC(C3)C21)(C(F)(F)F)C(F)(F)F. The Morgan fingerprint density at radius 2 is 1.48 bits per heavy atom. The zero-order valence-corrected chi connectivity index (χ0v) is 13.8. The van der Waals surface area contributed by atoms with Crippen LogP contribution >= 0.6 is 0 Å². The highest BCUT2D eigenvalue weighted by atomic mass is 32.2. The van der Waals surface area contributed by atoms with Gasteiger partial charge in [-0.3, -0.25) is 4.21 Å². The van der Waals surface area contributed by atoms with Gasteiger partial charge < -0.3 is 4.55 Å². The lowest BCUT2D eigenvalue weighted by atomic mass is 9.67. The first kappa shape index (κ1) is 17.8. The van der Waals surface area contributed by atoms with Crippen LogP contribution in [0, 0.1) is 41.4 Å². The largest absolute Gasteiger partial charge is 0.771 e. The zero-order valence-electron chi connectivity index (χ0n) is 13.0. The minimum absolute atomic E-state index is 0.123. The molecule has 0 aromatic carbocycles. The molecule has 4 bridgehead atoms. The fourth-order valence-electron chi connectivity index (χ4n) is 6.41. The first-order valence-corrected chi connectivity index (χ1v) is 9.46. The van der Waals surface area contributed by atoms with Crippen LogP contribution in [0.1, 0.15) is 25.7 Å². The standard InChI is InChI=1S/C16H18F6O2S/c17-15(18,19)14(25(23)24,16(20,21)22)6-10-4-9-5-11(10)13-8-2-1-7(3-8)12(9)13/h1-2,7-13H,3-6H2,(H,23,24)/p-1. The molecule has 0 aromatic heterocycles. The van der Waals surface area contributed by atoms with Crippen LogP contribution in [0.5, 0.6) is 0 Å². The number of rotatable bonds is 3. The molecule has 0 radical (unpaired) electrons. The van der Waals surface area contributed by atoms with Crippen molar-refractivity contribution in [3.8, 4) is 0 Å². The Kier molecular flexibility index (Phi) is 3.74. The summed E-state index contributed by atoms with van der Waals surface area (Å²) in [5, 5.41) is 0. The van der Waals surface area contributed by atoms with Gasteiger partial charge in [0.2, 0.25) is 4.75 Å². The van der Waals surface area contributed by atoms with Gasteiger partial charge in [-0.1, -0.05) is 12.2 Å². The molecule has 0 spiro atoms. The minimum atomic E-state index is -5.88. The topological polar surface area (TPSA) is 40.1 Å². The fraction of sp³-hybridized carbons (Fsp3) is 0.875. The van der Waals surface area contributed by atoms with E-state index in [0.717, 1.165) is 6.42 Å². The lowest BCUT2D eigenvalue weighted by molar-refractivity contribution is -0.272. The molecule has 2 nitrogen and oxygen atoms in total. The second-order valence-corrected chi connectivity index (χ2v) is 9.19. The van der Waals surface area contributed by atoms with E-state index in [2.05, 4.69) is 6.08 Å². The number of hydrogen-bond donors (Lipinski definition) is 0. The van der Waals surface area contributed by atoms with Crippen LogP contribution in [-0.2, 0) is 11.1 Å². The minimum Gasteiger partial charge on any atom is -0.771 e. The van der Waals surface area contributed by atoms with E-state index in [-0.39, 0.29) is 30.1 Å². The van der Waals surface area contributed by atoms with Gasteiger partial charge in [-0.25, -0.2) is 0 Å². The number of hydrogen-bond acceptors (Lipinski definition) is 2. The maximum absolute atomic E-state index is 13.3. The molecule has 0 N–H and O–H groups in total. The molecule has 0 heterocycles. The van der Waals surface area contributed by atoms with Crippen molar-refractivity contribution in [2.24, 2.45) is 41.4 Å². The van der Waals surface area contributed by atoms with E-state index < -0.39 is 40.5 Å². The number of fused-ring (bicyclic) bond motifs is 9. The Morgan fingerprint density at radius 3 is 2.00 bits per heavy atom. The third-order valence-electron chi connectivity index (χ3n) is 7.16. The monoisotopic (exact) mass is 387 g/mol. The summed E-state index contributed by atoms with van der Waals surface area (Å²) in [4.78, 5) is 0. The van der Waals surface area contributed by atoms with Crippen LogP contribution in [0.25, 0.3) is 0 Å². The van der Waals surface area contributed by atoms with Crippen LogP contribution < -0.4 is 0 Å². The normalized spacial score (nSPS) is 43.7. The highest BCUT2D eigenvalue weighted by molar-refractivity contribution is 7.80. The molecule has 0 aromatic rings. The molecule has 3 fully saturated rings. The highest BCUT2D eigenvalue weighted by Gasteiger charge is 2.74. The second kappa shape index (κ2) is 5.24. The van der Waals surface area contributed by atoms with Crippen LogP contribution in [0.3, 0.4) is 0 Å². The van der Waals surface area contributed by atoms with E-state index in [9.17, 15) is 35.1 Å². The van der Waals surface area contributed by atoms with Crippen molar-refractivity contribution in [1.29, 1.82) is 0 Å². The van der Waals surface area contributed by atoms with Gasteiger partial charge in [0.25, 0.3) is 0 Å². The molecule has 8 unspecified atom stereocenters. The smallest absolute Gasteiger partial charge is 0.413 e. The molecule has 25 heavy (non-hydrogen) atoms. The van der Waals surface area contributed by atoms with E-state index in [1.165, 1.54) is 0 Å². The summed E-state index contributed by atoms with van der Waals surface area (Å²) in [5.74, 6) is 0.159. The molecular weight excluding hydrogens is 370 g/mol. The van der Waals surface area contributed by atoms with Gasteiger partial charge >= 0.3 is 12.4 Å². The predicted octanol–water partition coefficient (Wildman–Crippen LogP) is 4.21. The molecular formula is C16H17F6O2S-. The van der Waals surface area contributed by atoms with E-state index in [1.807, 2.05) is 6.08 Å². The highest BCUT2D eigenvalue weighted by Crippen LogP contribution is 2.68. The molecule has 0 amide bonds. The van der Waals surface area contributed by atoms with Gasteiger partial charge in [-0.05, 0) is 78.2 Å².